The number of ether oxygens (including phenoxy) is 3. The molecule has 5 rings (SSSR count). The summed E-state index contributed by atoms with van der Waals surface area (Å²) in [6, 6.07) is 7.16. The maximum atomic E-state index is 13.0. The normalized spacial score (nSPS) is 24.0. The van der Waals surface area contributed by atoms with Gasteiger partial charge in [-0.25, -0.2) is 4.39 Å². The topological polar surface area (TPSA) is 93.2 Å². The zero-order chi connectivity index (χ0) is 28.5. The monoisotopic (exact) mass is 548 g/mol. The largest absolute Gasteiger partial charge is 0.494 e. The van der Waals surface area contributed by atoms with Crippen LogP contribution in [0.2, 0.25) is 0 Å². The van der Waals surface area contributed by atoms with Gasteiger partial charge in [-0.2, -0.15) is 4.39 Å². The number of anilines is 1. The van der Waals surface area contributed by atoms with Gasteiger partial charge < -0.3 is 29.3 Å². The summed E-state index contributed by atoms with van der Waals surface area (Å²) in [5, 5.41) is 2.85. The minimum Gasteiger partial charge on any atom is -0.494 e. The number of fused-ring (bicyclic) bond motifs is 1. The van der Waals surface area contributed by atoms with Crippen molar-refractivity contribution in [3.8, 4) is 5.75 Å². The van der Waals surface area contributed by atoms with E-state index in [-0.39, 0.29) is 35.8 Å². The number of hydrogen-bond acceptors (Lipinski definition) is 7. The van der Waals surface area contributed by atoms with E-state index in [1.165, 1.54) is 19.2 Å². The van der Waals surface area contributed by atoms with Crippen LogP contribution >= 0.6 is 0 Å². The molecule has 3 saturated heterocycles. The van der Waals surface area contributed by atoms with Crippen molar-refractivity contribution in [2.24, 2.45) is 0 Å². The zero-order valence-electron chi connectivity index (χ0n) is 23.2. The van der Waals surface area contributed by atoms with Gasteiger partial charge in [0, 0.05) is 31.5 Å². The number of amides is 2. The van der Waals surface area contributed by atoms with E-state index in [1.807, 2.05) is 32.7 Å². The molecule has 39 heavy (non-hydrogen) atoms. The third-order valence-electron chi connectivity index (χ3n) is 6.65. The fourth-order valence-electron chi connectivity index (χ4n) is 4.76. The number of pyridine rings is 1. The van der Waals surface area contributed by atoms with Gasteiger partial charge in [-0.3, -0.25) is 14.6 Å². The fraction of sp³-hybridized carbons (Fsp3) is 0.536. The summed E-state index contributed by atoms with van der Waals surface area (Å²) in [6.07, 6.45) is 2.88. The molecule has 3 fully saturated rings. The smallest absolute Gasteiger partial charge is 0.272 e. The van der Waals surface area contributed by atoms with Crippen molar-refractivity contribution in [1.82, 2.24) is 14.8 Å². The molecule has 1 N–H and O–H groups in total. The minimum absolute atomic E-state index is 0.0460. The molecule has 0 spiro atoms. The van der Waals surface area contributed by atoms with Gasteiger partial charge in [-0.05, 0) is 51.1 Å². The Labute approximate surface area is 228 Å². The first-order valence-corrected chi connectivity index (χ1v) is 13.3. The average molecular weight is 549 g/mol. The average Bonchev–Trinajstić information content (AvgIpc) is 3.56. The number of nitrogens with one attached hydrogen (secondary N) is 1. The first kappa shape index (κ1) is 30.4. The highest BCUT2D eigenvalue weighted by Gasteiger charge is 2.41. The lowest BCUT2D eigenvalue weighted by Gasteiger charge is -2.36. The van der Waals surface area contributed by atoms with E-state index in [2.05, 4.69) is 19.9 Å². The summed E-state index contributed by atoms with van der Waals surface area (Å²) in [4.78, 5) is 33.7. The van der Waals surface area contributed by atoms with Crippen LogP contribution in [-0.4, -0.2) is 91.4 Å². The lowest BCUT2D eigenvalue weighted by Crippen LogP contribution is -2.53. The van der Waals surface area contributed by atoms with Gasteiger partial charge in [0.2, 0.25) is 5.82 Å². The van der Waals surface area contributed by atoms with Crippen LogP contribution in [0.25, 0.3) is 0 Å². The number of benzene rings is 1. The Kier molecular flexibility index (Phi) is 11.1. The molecule has 2 amide bonds. The maximum Gasteiger partial charge on any atom is 0.272 e. The molecule has 0 radical (unpaired) electrons. The van der Waals surface area contributed by atoms with E-state index in [9.17, 15) is 18.4 Å². The Morgan fingerprint density at radius 1 is 1.15 bits per heavy atom. The quantitative estimate of drug-likeness (QED) is 0.622. The van der Waals surface area contributed by atoms with Crippen molar-refractivity contribution < 1.29 is 32.6 Å². The third-order valence-corrected chi connectivity index (χ3v) is 6.65. The molecular weight excluding hydrogens is 510 g/mol. The maximum absolute atomic E-state index is 13.0. The molecule has 4 atom stereocenters. The van der Waals surface area contributed by atoms with Crippen LogP contribution in [-0.2, 0) is 14.3 Å². The first-order chi connectivity index (χ1) is 18.8. The minimum atomic E-state index is -0.940. The summed E-state index contributed by atoms with van der Waals surface area (Å²) in [7, 11) is 3.32. The summed E-state index contributed by atoms with van der Waals surface area (Å²) in [5.41, 5.74) is 0.901. The van der Waals surface area contributed by atoms with Gasteiger partial charge in [0.1, 0.15) is 11.8 Å². The van der Waals surface area contributed by atoms with Crippen LogP contribution in [0.1, 0.15) is 44.1 Å². The molecule has 0 saturated carbocycles. The van der Waals surface area contributed by atoms with E-state index in [0.29, 0.717) is 31.0 Å². The number of methoxy groups -OCH3 is 1. The number of likely N-dealkylation sites (N-methyl/N-ethyl adjacent to an activating group) is 1. The summed E-state index contributed by atoms with van der Waals surface area (Å²) < 4.78 is 40.7. The van der Waals surface area contributed by atoms with E-state index < -0.39 is 17.7 Å². The van der Waals surface area contributed by atoms with Crippen LogP contribution in [0.4, 0.5) is 14.5 Å². The Morgan fingerprint density at radius 2 is 1.92 bits per heavy atom. The standard InChI is InChI=1S/C19H26N4O4.C7H6F2O.C2H6/c1-12-3-4-16(27-12)18(24)21-13-5-6-20-14(9-13)19(25)23-7-8-26-17-11-22(2)10-15(17)23;1-10-6-4-2-3-5(8)7(6)9;1-2/h5-6,9,12,15-17H,3-4,7-8,10-11H2,1-2H3,(H,20,21,24);2-4H,1H3;1-2H3. The van der Waals surface area contributed by atoms with Crippen molar-refractivity contribution in [2.45, 2.75) is 58.0 Å². The molecule has 4 heterocycles. The second-order valence-corrected chi connectivity index (χ2v) is 9.38. The van der Waals surface area contributed by atoms with Gasteiger partial charge >= 0.3 is 0 Å². The number of carbonyl (C=O) groups excluding carboxylic acids is 2. The lowest BCUT2D eigenvalue weighted by atomic mass is 10.1. The fourth-order valence-corrected chi connectivity index (χ4v) is 4.76. The highest BCUT2D eigenvalue weighted by atomic mass is 19.2. The van der Waals surface area contributed by atoms with Crippen LogP contribution in [0.5, 0.6) is 5.75 Å². The van der Waals surface area contributed by atoms with Gasteiger partial charge in [-0.1, -0.05) is 19.9 Å². The first-order valence-electron chi connectivity index (χ1n) is 13.3. The number of halogens is 2. The number of aromatic nitrogens is 1. The summed E-state index contributed by atoms with van der Waals surface area (Å²) in [5.74, 6) is -2.19. The van der Waals surface area contributed by atoms with Gasteiger partial charge in [-0.15, -0.1) is 0 Å². The molecule has 9 nitrogen and oxygen atoms in total. The number of rotatable bonds is 4. The van der Waals surface area contributed by atoms with Crippen molar-refractivity contribution >= 4 is 17.5 Å². The van der Waals surface area contributed by atoms with Crippen LogP contribution < -0.4 is 10.1 Å². The molecule has 3 aliphatic heterocycles. The van der Waals surface area contributed by atoms with Crippen molar-refractivity contribution in [3.05, 3.63) is 53.9 Å². The molecule has 214 valence electrons. The Balaban J connectivity index is 0.000000294. The second kappa shape index (κ2) is 14.3. The lowest BCUT2D eigenvalue weighted by molar-refractivity contribution is -0.126. The van der Waals surface area contributed by atoms with Crippen molar-refractivity contribution in [3.63, 3.8) is 0 Å². The Hall–Kier alpha value is -3.15. The Bertz CT molecular complexity index is 1120. The number of carbonyl (C=O) groups is 2. The van der Waals surface area contributed by atoms with E-state index in [4.69, 9.17) is 9.47 Å². The molecular formula is C28H38F2N4O5. The molecule has 4 unspecified atom stereocenters. The molecule has 1 aromatic carbocycles. The molecule has 0 bridgehead atoms. The van der Waals surface area contributed by atoms with Crippen molar-refractivity contribution in [2.75, 3.05) is 45.7 Å². The zero-order valence-corrected chi connectivity index (χ0v) is 23.2. The van der Waals surface area contributed by atoms with E-state index >= 15 is 0 Å². The van der Waals surface area contributed by atoms with Gasteiger partial charge in [0.25, 0.3) is 11.8 Å². The SMILES string of the molecule is CC.CC1CCC(C(=O)Nc2ccnc(C(=O)N3CCOC4CN(C)CC43)c2)O1.COc1cccc(F)c1F. The second-order valence-electron chi connectivity index (χ2n) is 9.38. The highest BCUT2D eigenvalue weighted by Crippen LogP contribution is 2.25. The molecule has 3 aliphatic rings. The number of morpholine rings is 1. The van der Waals surface area contributed by atoms with Gasteiger partial charge in [0.15, 0.2) is 11.6 Å². The molecule has 0 aliphatic carbocycles. The van der Waals surface area contributed by atoms with Crippen molar-refractivity contribution in [1.29, 1.82) is 0 Å². The number of likely N-dealkylation sites (tertiary alicyclic amines) is 1. The predicted octanol–water partition coefficient (Wildman–Crippen LogP) is 3.74. The molecule has 1 aromatic heterocycles. The van der Waals surface area contributed by atoms with Gasteiger partial charge in [0.05, 0.1) is 32.0 Å². The number of nitrogens with zero attached hydrogens (tertiary/aromatic N) is 3. The van der Waals surface area contributed by atoms with E-state index in [1.54, 1.807) is 18.3 Å². The molecule has 2 aromatic rings. The van der Waals surface area contributed by atoms with E-state index in [0.717, 1.165) is 25.6 Å². The predicted molar refractivity (Wildman–Crippen MR) is 143 cm³/mol. The van der Waals surface area contributed by atoms with Crippen LogP contribution in [0.3, 0.4) is 0 Å². The summed E-state index contributed by atoms with van der Waals surface area (Å²) in [6.45, 7) is 8.68. The molecule has 11 heteroatoms. The van der Waals surface area contributed by atoms with Crippen LogP contribution in [0, 0.1) is 11.6 Å². The Morgan fingerprint density at radius 3 is 2.59 bits per heavy atom. The third kappa shape index (κ3) is 7.71. The number of hydrogen-bond donors (Lipinski definition) is 1. The van der Waals surface area contributed by atoms with Crippen LogP contribution in [0.15, 0.2) is 36.5 Å². The summed E-state index contributed by atoms with van der Waals surface area (Å²) >= 11 is 0. The highest BCUT2D eigenvalue weighted by molar-refractivity contribution is 5.97.